The highest BCUT2D eigenvalue weighted by molar-refractivity contribution is 5.20. The van der Waals surface area contributed by atoms with Gasteiger partial charge in [-0.1, -0.05) is 19.1 Å². The van der Waals surface area contributed by atoms with Crippen LogP contribution in [0.4, 0.5) is 17.6 Å². The monoisotopic (exact) mass is 249 g/mol. The van der Waals surface area contributed by atoms with E-state index in [1.165, 1.54) is 18.2 Å². The first-order valence-corrected chi connectivity index (χ1v) is 5.48. The van der Waals surface area contributed by atoms with Crippen molar-refractivity contribution in [3.63, 3.8) is 0 Å². The number of hydrogen-bond acceptors (Lipinski definition) is 1. The van der Waals surface area contributed by atoms with Gasteiger partial charge in [0.1, 0.15) is 5.82 Å². The average Bonchev–Trinajstić information content (AvgIpc) is 2.23. The molecule has 0 spiro atoms. The van der Waals surface area contributed by atoms with Gasteiger partial charge >= 0.3 is 6.18 Å². The smallest absolute Gasteiger partial charge is 0.310 e. The fourth-order valence-corrected chi connectivity index (χ4v) is 1.66. The predicted molar refractivity (Wildman–Crippen MR) is 58.1 cm³/mol. The molecular weight excluding hydrogens is 234 g/mol. The zero-order chi connectivity index (χ0) is 12.9. The van der Waals surface area contributed by atoms with Crippen molar-refractivity contribution in [2.45, 2.75) is 32.0 Å². The maximum absolute atomic E-state index is 13.0. The summed E-state index contributed by atoms with van der Waals surface area (Å²) >= 11 is 0. The Balaban J connectivity index is 2.71. The van der Waals surface area contributed by atoms with Crippen LogP contribution in [-0.4, -0.2) is 12.7 Å². The highest BCUT2D eigenvalue weighted by Crippen LogP contribution is 2.27. The van der Waals surface area contributed by atoms with Gasteiger partial charge in [-0.05, 0) is 30.7 Å². The van der Waals surface area contributed by atoms with Gasteiger partial charge in [0, 0.05) is 12.5 Å². The minimum Gasteiger partial charge on any atom is -0.310 e. The second-order valence-corrected chi connectivity index (χ2v) is 3.82. The SMILES string of the molecule is CCNC(CCC(F)(F)F)c1cccc(F)c1. The van der Waals surface area contributed by atoms with E-state index in [9.17, 15) is 17.6 Å². The largest absolute Gasteiger partial charge is 0.389 e. The molecule has 0 saturated heterocycles. The summed E-state index contributed by atoms with van der Waals surface area (Å²) in [6.07, 6.45) is -5.14. The van der Waals surface area contributed by atoms with Crippen molar-refractivity contribution in [3.05, 3.63) is 35.6 Å². The summed E-state index contributed by atoms with van der Waals surface area (Å²) < 4.78 is 49.4. The lowest BCUT2D eigenvalue weighted by molar-refractivity contribution is -0.136. The molecule has 0 saturated carbocycles. The lowest BCUT2D eigenvalue weighted by atomic mass is 10.0. The molecule has 0 fully saturated rings. The lowest BCUT2D eigenvalue weighted by Gasteiger charge is -2.19. The first-order valence-electron chi connectivity index (χ1n) is 5.48. The van der Waals surface area contributed by atoms with Crippen LogP contribution in [0.3, 0.4) is 0 Å². The summed E-state index contributed by atoms with van der Waals surface area (Å²) in [4.78, 5) is 0. The summed E-state index contributed by atoms with van der Waals surface area (Å²) in [5, 5.41) is 2.93. The van der Waals surface area contributed by atoms with Gasteiger partial charge in [-0.2, -0.15) is 13.2 Å². The second kappa shape index (κ2) is 6.00. The molecule has 0 aromatic heterocycles. The van der Waals surface area contributed by atoms with Crippen molar-refractivity contribution in [1.29, 1.82) is 0 Å². The molecule has 0 amide bonds. The van der Waals surface area contributed by atoms with E-state index in [1.807, 2.05) is 0 Å². The molecule has 0 aliphatic carbocycles. The Morgan fingerprint density at radius 3 is 2.53 bits per heavy atom. The Bertz CT molecular complexity index is 349. The number of halogens is 4. The van der Waals surface area contributed by atoms with Gasteiger partial charge in [-0.25, -0.2) is 4.39 Å². The van der Waals surface area contributed by atoms with E-state index in [2.05, 4.69) is 5.32 Å². The van der Waals surface area contributed by atoms with Crippen LogP contribution in [-0.2, 0) is 0 Å². The van der Waals surface area contributed by atoms with Gasteiger partial charge in [-0.15, -0.1) is 0 Å². The Kier molecular flexibility index (Phi) is 4.93. The van der Waals surface area contributed by atoms with Gasteiger partial charge in [-0.3, -0.25) is 0 Å². The molecular formula is C12H15F4N. The van der Waals surface area contributed by atoms with Crippen LogP contribution in [0.25, 0.3) is 0 Å². The number of rotatable bonds is 5. The predicted octanol–water partition coefficient (Wildman–Crippen LogP) is 3.82. The third-order valence-corrected chi connectivity index (χ3v) is 2.42. The molecule has 1 atom stereocenters. The van der Waals surface area contributed by atoms with Gasteiger partial charge in [0.2, 0.25) is 0 Å². The molecule has 0 bridgehead atoms. The molecule has 17 heavy (non-hydrogen) atoms. The van der Waals surface area contributed by atoms with Crippen molar-refractivity contribution in [1.82, 2.24) is 5.32 Å². The van der Waals surface area contributed by atoms with E-state index in [4.69, 9.17) is 0 Å². The van der Waals surface area contributed by atoms with Crippen LogP contribution in [0.1, 0.15) is 31.4 Å². The lowest BCUT2D eigenvalue weighted by Crippen LogP contribution is -2.23. The molecule has 0 radical (unpaired) electrons. The molecule has 1 N–H and O–H groups in total. The molecule has 5 heteroatoms. The minimum atomic E-state index is -4.18. The van der Waals surface area contributed by atoms with E-state index < -0.39 is 24.5 Å². The van der Waals surface area contributed by atoms with Gasteiger partial charge < -0.3 is 5.32 Å². The van der Waals surface area contributed by atoms with E-state index in [1.54, 1.807) is 13.0 Å². The number of benzene rings is 1. The quantitative estimate of drug-likeness (QED) is 0.782. The van der Waals surface area contributed by atoms with E-state index in [-0.39, 0.29) is 6.42 Å². The molecule has 1 nitrogen and oxygen atoms in total. The van der Waals surface area contributed by atoms with Crippen LogP contribution >= 0.6 is 0 Å². The van der Waals surface area contributed by atoms with Gasteiger partial charge in [0.05, 0.1) is 0 Å². The van der Waals surface area contributed by atoms with Crippen molar-refractivity contribution in [2.75, 3.05) is 6.54 Å². The first-order chi connectivity index (χ1) is 7.92. The molecule has 1 rings (SSSR count). The van der Waals surface area contributed by atoms with Crippen molar-refractivity contribution < 1.29 is 17.6 Å². The Morgan fingerprint density at radius 2 is 2.00 bits per heavy atom. The third-order valence-electron chi connectivity index (χ3n) is 2.42. The van der Waals surface area contributed by atoms with Crippen molar-refractivity contribution in [3.8, 4) is 0 Å². The number of nitrogens with one attached hydrogen (secondary N) is 1. The summed E-state index contributed by atoms with van der Waals surface area (Å²) in [7, 11) is 0. The summed E-state index contributed by atoms with van der Waals surface area (Å²) in [5.74, 6) is -0.433. The fourth-order valence-electron chi connectivity index (χ4n) is 1.66. The van der Waals surface area contributed by atoms with Crippen LogP contribution in [0.2, 0.25) is 0 Å². The van der Waals surface area contributed by atoms with Crippen molar-refractivity contribution >= 4 is 0 Å². The van der Waals surface area contributed by atoms with Crippen molar-refractivity contribution in [2.24, 2.45) is 0 Å². The van der Waals surface area contributed by atoms with E-state index in [0.29, 0.717) is 12.1 Å². The molecule has 1 aromatic rings. The first kappa shape index (κ1) is 14.0. The standard InChI is InChI=1S/C12H15F4N/c1-2-17-11(6-7-12(14,15)16)9-4-3-5-10(13)8-9/h3-5,8,11,17H,2,6-7H2,1H3. The highest BCUT2D eigenvalue weighted by Gasteiger charge is 2.28. The zero-order valence-corrected chi connectivity index (χ0v) is 9.52. The fraction of sp³-hybridized carbons (Fsp3) is 0.500. The van der Waals surface area contributed by atoms with Crippen LogP contribution in [0.15, 0.2) is 24.3 Å². The third kappa shape index (κ3) is 5.17. The van der Waals surface area contributed by atoms with Gasteiger partial charge in [0.15, 0.2) is 0 Å². The molecule has 96 valence electrons. The van der Waals surface area contributed by atoms with E-state index >= 15 is 0 Å². The highest BCUT2D eigenvalue weighted by atomic mass is 19.4. The van der Waals surface area contributed by atoms with E-state index in [0.717, 1.165) is 0 Å². The zero-order valence-electron chi connectivity index (χ0n) is 9.52. The van der Waals surface area contributed by atoms with Crippen LogP contribution in [0.5, 0.6) is 0 Å². The molecule has 1 aromatic carbocycles. The minimum absolute atomic E-state index is 0.0825. The second-order valence-electron chi connectivity index (χ2n) is 3.82. The van der Waals surface area contributed by atoms with Crippen LogP contribution < -0.4 is 5.32 Å². The maximum Gasteiger partial charge on any atom is 0.389 e. The molecule has 0 heterocycles. The molecule has 0 aliphatic heterocycles. The van der Waals surface area contributed by atoms with Crippen LogP contribution in [0, 0.1) is 5.82 Å². The number of alkyl halides is 3. The summed E-state index contributed by atoms with van der Waals surface area (Å²) in [6, 6.07) is 5.22. The number of hydrogen-bond donors (Lipinski definition) is 1. The Labute approximate surface area is 97.8 Å². The maximum atomic E-state index is 13.0. The Morgan fingerprint density at radius 1 is 1.29 bits per heavy atom. The topological polar surface area (TPSA) is 12.0 Å². The molecule has 1 unspecified atom stereocenters. The normalized spacial score (nSPS) is 13.7. The Hall–Kier alpha value is -1.10. The summed E-state index contributed by atoms with van der Waals surface area (Å²) in [5.41, 5.74) is 0.552. The summed E-state index contributed by atoms with van der Waals surface area (Å²) in [6.45, 7) is 2.35. The average molecular weight is 249 g/mol. The van der Waals surface area contributed by atoms with Gasteiger partial charge in [0.25, 0.3) is 0 Å². The molecule has 0 aliphatic rings.